The van der Waals surface area contributed by atoms with Crippen molar-refractivity contribution in [3.8, 4) is 5.75 Å². The molecule has 260 valence electrons. The molecule has 4 aromatic rings. The molecule has 4 aromatic carbocycles. The van der Waals surface area contributed by atoms with Gasteiger partial charge in [-0.25, -0.2) is 0 Å². The molecule has 0 bridgehead atoms. The van der Waals surface area contributed by atoms with Crippen molar-refractivity contribution in [1.29, 1.82) is 0 Å². The van der Waals surface area contributed by atoms with Gasteiger partial charge in [0.15, 0.2) is 0 Å². The van der Waals surface area contributed by atoms with E-state index in [2.05, 4.69) is 27.7 Å². The SMILES string of the molecule is O=C(Cc1ccccc1)N[C@@H](C(=O)N1CCC2(CC1)CN(Cc1ccccc1)CC2C(=O)NCC(O)c1cccc(O)c1)c1ccccc1Cl. The van der Waals surface area contributed by atoms with Gasteiger partial charge in [0.2, 0.25) is 17.7 Å². The third-order valence-electron chi connectivity index (χ3n) is 10.1. The first-order valence-electron chi connectivity index (χ1n) is 17.1. The summed E-state index contributed by atoms with van der Waals surface area (Å²) in [6, 6.07) is 32.0. The van der Waals surface area contributed by atoms with Crippen LogP contribution in [0.15, 0.2) is 109 Å². The Morgan fingerprint density at radius 3 is 2.20 bits per heavy atom. The number of amides is 3. The van der Waals surface area contributed by atoms with Crippen LogP contribution >= 0.6 is 11.6 Å². The maximum atomic E-state index is 14.2. The molecule has 1 spiro atoms. The molecule has 50 heavy (non-hydrogen) atoms. The molecule has 0 aliphatic carbocycles. The highest BCUT2D eigenvalue weighted by atomic mass is 35.5. The van der Waals surface area contributed by atoms with Crippen molar-refractivity contribution in [3.05, 3.63) is 136 Å². The lowest BCUT2D eigenvalue weighted by Gasteiger charge is -2.43. The highest BCUT2D eigenvalue weighted by Crippen LogP contribution is 2.46. The Labute approximate surface area is 297 Å². The number of carbonyl (C=O) groups excluding carboxylic acids is 3. The molecule has 0 radical (unpaired) electrons. The van der Waals surface area contributed by atoms with E-state index in [0.717, 1.165) is 11.1 Å². The van der Waals surface area contributed by atoms with Gasteiger partial charge in [-0.05, 0) is 53.1 Å². The van der Waals surface area contributed by atoms with Crippen molar-refractivity contribution in [2.75, 3.05) is 32.7 Å². The van der Waals surface area contributed by atoms with E-state index in [1.54, 1.807) is 41.3 Å². The first kappa shape index (κ1) is 35.1. The second kappa shape index (κ2) is 15.9. The zero-order valence-electron chi connectivity index (χ0n) is 27.9. The third-order valence-corrected chi connectivity index (χ3v) is 10.4. The van der Waals surface area contributed by atoms with Gasteiger partial charge in [0.1, 0.15) is 11.8 Å². The van der Waals surface area contributed by atoms with Crippen molar-refractivity contribution in [1.82, 2.24) is 20.4 Å². The van der Waals surface area contributed by atoms with Gasteiger partial charge in [0, 0.05) is 49.9 Å². The highest BCUT2D eigenvalue weighted by molar-refractivity contribution is 6.31. The number of piperidine rings is 1. The minimum atomic E-state index is -0.970. The van der Waals surface area contributed by atoms with Gasteiger partial charge in [0.25, 0.3) is 0 Å². The van der Waals surface area contributed by atoms with Crippen LogP contribution in [-0.4, -0.2) is 70.5 Å². The van der Waals surface area contributed by atoms with E-state index in [-0.39, 0.29) is 47.8 Å². The monoisotopic (exact) mass is 694 g/mol. The number of aliphatic hydroxyl groups is 1. The number of phenolic OH excluding ortho intramolecular Hbond substituents is 1. The van der Waals surface area contributed by atoms with Crippen LogP contribution in [0.3, 0.4) is 0 Å². The minimum Gasteiger partial charge on any atom is -0.508 e. The molecule has 2 saturated heterocycles. The van der Waals surface area contributed by atoms with Crippen LogP contribution in [0.4, 0.5) is 0 Å². The molecule has 10 heteroatoms. The molecule has 2 fully saturated rings. The summed E-state index contributed by atoms with van der Waals surface area (Å²) in [5.74, 6) is -0.955. The van der Waals surface area contributed by atoms with E-state index in [4.69, 9.17) is 11.6 Å². The average molecular weight is 695 g/mol. The summed E-state index contributed by atoms with van der Waals surface area (Å²) >= 11 is 6.58. The van der Waals surface area contributed by atoms with Gasteiger partial charge in [-0.2, -0.15) is 0 Å². The summed E-state index contributed by atoms with van der Waals surface area (Å²) in [6.07, 6.45) is 0.364. The van der Waals surface area contributed by atoms with Crippen molar-refractivity contribution in [2.24, 2.45) is 11.3 Å². The van der Waals surface area contributed by atoms with E-state index in [1.807, 2.05) is 48.5 Å². The van der Waals surface area contributed by atoms with Crippen LogP contribution < -0.4 is 10.6 Å². The zero-order valence-corrected chi connectivity index (χ0v) is 28.6. The number of benzene rings is 4. The first-order valence-corrected chi connectivity index (χ1v) is 17.5. The van der Waals surface area contributed by atoms with Gasteiger partial charge >= 0.3 is 0 Å². The number of hydrogen-bond acceptors (Lipinski definition) is 6. The Balaban J connectivity index is 1.17. The van der Waals surface area contributed by atoms with E-state index in [1.165, 1.54) is 12.1 Å². The van der Waals surface area contributed by atoms with Gasteiger partial charge in [0.05, 0.1) is 18.4 Å². The molecule has 2 aliphatic heterocycles. The second-order valence-electron chi connectivity index (χ2n) is 13.4. The number of nitrogens with one attached hydrogen (secondary N) is 2. The zero-order chi connectivity index (χ0) is 35.1. The summed E-state index contributed by atoms with van der Waals surface area (Å²) in [7, 11) is 0. The Morgan fingerprint density at radius 2 is 1.52 bits per heavy atom. The molecule has 3 atom stereocenters. The summed E-state index contributed by atoms with van der Waals surface area (Å²) in [5, 5.41) is 27.0. The number of hydrogen-bond donors (Lipinski definition) is 4. The largest absolute Gasteiger partial charge is 0.508 e. The number of aliphatic hydroxyl groups excluding tert-OH is 1. The molecule has 9 nitrogen and oxygen atoms in total. The fourth-order valence-corrected chi connectivity index (χ4v) is 7.65. The molecule has 2 aliphatic rings. The summed E-state index contributed by atoms with van der Waals surface area (Å²) < 4.78 is 0. The lowest BCUT2D eigenvalue weighted by atomic mass is 9.70. The molecule has 4 N–H and O–H groups in total. The first-order chi connectivity index (χ1) is 24.2. The van der Waals surface area contributed by atoms with Crippen molar-refractivity contribution in [2.45, 2.75) is 38.0 Å². The lowest BCUT2D eigenvalue weighted by molar-refractivity contribution is -0.139. The van der Waals surface area contributed by atoms with Gasteiger partial charge in [-0.15, -0.1) is 0 Å². The molecule has 6 rings (SSSR count). The maximum Gasteiger partial charge on any atom is 0.249 e. The quantitative estimate of drug-likeness (QED) is 0.175. The Hall–Kier alpha value is -4.70. The second-order valence-corrected chi connectivity index (χ2v) is 13.8. The number of aromatic hydroxyl groups is 1. The molecule has 0 saturated carbocycles. The summed E-state index contributed by atoms with van der Waals surface area (Å²) in [6.45, 7) is 2.79. The molecule has 2 unspecified atom stereocenters. The van der Waals surface area contributed by atoms with Gasteiger partial charge < -0.3 is 25.7 Å². The van der Waals surface area contributed by atoms with Crippen molar-refractivity contribution < 1.29 is 24.6 Å². The van der Waals surface area contributed by atoms with E-state index in [0.29, 0.717) is 61.7 Å². The average Bonchev–Trinajstić information content (AvgIpc) is 3.47. The van der Waals surface area contributed by atoms with Crippen LogP contribution in [0, 0.1) is 11.3 Å². The number of phenols is 1. The van der Waals surface area contributed by atoms with E-state index < -0.39 is 12.1 Å². The van der Waals surface area contributed by atoms with Gasteiger partial charge in [-0.3, -0.25) is 19.3 Å². The predicted molar refractivity (Wildman–Crippen MR) is 192 cm³/mol. The number of halogens is 1. The summed E-state index contributed by atoms with van der Waals surface area (Å²) in [4.78, 5) is 45.4. The van der Waals surface area contributed by atoms with Crippen LogP contribution in [0.1, 0.15) is 47.2 Å². The Bertz CT molecular complexity index is 1780. The van der Waals surface area contributed by atoms with Gasteiger partial charge in [-0.1, -0.05) is 103 Å². The Morgan fingerprint density at radius 1 is 0.860 bits per heavy atom. The highest BCUT2D eigenvalue weighted by Gasteiger charge is 2.51. The fraction of sp³-hybridized carbons (Fsp3) is 0.325. The summed E-state index contributed by atoms with van der Waals surface area (Å²) in [5.41, 5.74) is 2.67. The minimum absolute atomic E-state index is 0.0142. The standard InChI is InChI=1S/C40H43ClN4O5/c41-34-17-8-7-16-32(34)37(43-36(48)22-28-10-3-1-4-11-28)39(50)45-20-18-40(19-21-45)27-44(25-29-12-5-2-6-13-29)26-33(40)38(49)42-24-35(47)30-14-9-15-31(46)23-30/h1-17,23,33,35,37,46-47H,18-22,24-27H2,(H,42,49)(H,43,48)/t33?,35?,37-/m1/s1. The fourth-order valence-electron chi connectivity index (χ4n) is 7.40. The number of rotatable bonds is 11. The normalized spacial score (nSPS) is 18.4. The van der Waals surface area contributed by atoms with Crippen LogP contribution in [0.25, 0.3) is 0 Å². The maximum absolute atomic E-state index is 14.2. The van der Waals surface area contributed by atoms with Crippen LogP contribution in [0.5, 0.6) is 5.75 Å². The molecule has 0 aromatic heterocycles. The molecule has 3 amide bonds. The van der Waals surface area contributed by atoms with Crippen molar-refractivity contribution in [3.63, 3.8) is 0 Å². The van der Waals surface area contributed by atoms with E-state index >= 15 is 0 Å². The molecular formula is C40H43ClN4O5. The van der Waals surface area contributed by atoms with E-state index in [9.17, 15) is 24.6 Å². The molecular weight excluding hydrogens is 652 g/mol. The smallest absolute Gasteiger partial charge is 0.249 e. The van der Waals surface area contributed by atoms with Crippen molar-refractivity contribution >= 4 is 29.3 Å². The van der Waals surface area contributed by atoms with Crippen LogP contribution in [0.2, 0.25) is 5.02 Å². The molecule has 2 heterocycles. The third kappa shape index (κ3) is 8.35. The predicted octanol–water partition coefficient (Wildman–Crippen LogP) is 5.04. The number of likely N-dealkylation sites (tertiary alicyclic amines) is 2. The topological polar surface area (TPSA) is 122 Å². The number of carbonyl (C=O) groups is 3. The number of nitrogens with zero attached hydrogens (tertiary/aromatic N) is 2. The lowest BCUT2D eigenvalue weighted by Crippen LogP contribution is -2.52. The van der Waals surface area contributed by atoms with Crippen LogP contribution in [-0.2, 0) is 27.3 Å². The Kier molecular flexibility index (Phi) is 11.2.